The van der Waals surface area contributed by atoms with Crippen LogP contribution in [0.5, 0.6) is 0 Å². The summed E-state index contributed by atoms with van der Waals surface area (Å²) in [7, 11) is 0. The zero-order valence-electron chi connectivity index (χ0n) is 16.5. The van der Waals surface area contributed by atoms with Crippen LogP contribution >= 0.6 is 27.5 Å². The van der Waals surface area contributed by atoms with Gasteiger partial charge in [-0.05, 0) is 47.5 Å². The van der Waals surface area contributed by atoms with E-state index in [1.807, 2.05) is 48.5 Å². The molecule has 1 amide bonds. The van der Waals surface area contributed by atoms with Crippen molar-refractivity contribution < 1.29 is 14.7 Å². The number of allylic oxidation sites excluding steroid dienone is 1. The fourth-order valence-electron chi connectivity index (χ4n) is 3.69. The number of ketones is 1. The third-order valence-corrected chi connectivity index (χ3v) is 5.98. The molecule has 0 aliphatic carbocycles. The fourth-order valence-corrected chi connectivity index (χ4v) is 4.17. The van der Waals surface area contributed by atoms with E-state index < -0.39 is 11.5 Å². The van der Waals surface area contributed by atoms with Crippen LogP contribution in [0.2, 0.25) is 5.02 Å². The van der Waals surface area contributed by atoms with E-state index in [-0.39, 0.29) is 18.7 Å². The Balaban J connectivity index is 1.63. The van der Waals surface area contributed by atoms with Crippen molar-refractivity contribution in [3.63, 3.8) is 0 Å². The average molecular weight is 497 g/mol. The zero-order valence-corrected chi connectivity index (χ0v) is 18.8. The standard InChI is InChI=1S/C25H19BrClNO3/c26-19-9-13-23-22(14-19)25(31,15-21(29)12-8-17-4-2-1-3-5-17)24(30)28(23)16-18-6-10-20(27)11-7-18/h1-14,31H,15-16H2/b12-8+. The number of aliphatic hydroxyl groups is 1. The first kappa shape index (κ1) is 21.5. The maximum Gasteiger partial charge on any atom is 0.264 e. The van der Waals surface area contributed by atoms with Crippen LogP contribution in [0.15, 0.2) is 83.3 Å². The molecule has 1 aliphatic rings. The highest BCUT2D eigenvalue weighted by Crippen LogP contribution is 2.44. The van der Waals surface area contributed by atoms with Crippen LogP contribution in [0.3, 0.4) is 0 Å². The lowest BCUT2D eigenvalue weighted by molar-refractivity contribution is -0.140. The summed E-state index contributed by atoms with van der Waals surface area (Å²) in [6, 6.07) is 21.8. The number of carbonyl (C=O) groups excluding carboxylic acids is 2. The first-order valence-electron chi connectivity index (χ1n) is 9.71. The minimum atomic E-state index is -1.93. The van der Waals surface area contributed by atoms with Crippen LogP contribution in [0.1, 0.15) is 23.1 Å². The molecule has 1 unspecified atom stereocenters. The fraction of sp³-hybridized carbons (Fsp3) is 0.120. The molecule has 31 heavy (non-hydrogen) atoms. The van der Waals surface area contributed by atoms with Gasteiger partial charge in [-0.25, -0.2) is 0 Å². The van der Waals surface area contributed by atoms with Crippen molar-refractivity contribution in [3.8, 4) is 0 Å². The van der Waals surface area contributed by atoms with E-state index in [4.69, 9.17) is 11.6 Å². The lowest BCUT2D eigenvalue weighted by atomic mass is 9.89. The van der Waals surface area contributed by atoms with E-state index in [9.17, 15) is 14.7 Å². The quantitative estimate of drug-likeness (QED) is 0.458. The number of anilines is 1. The van der Waals surface area contributed by atoms with Gasteiger partial charge in [-0.1, -0.05) is 76.1 Å². The molecule has 4 nitrogen and oxygen atoms in total. The Labute approximate surface area is 193 Å². The number of nitrogens with zero attached hydrogens (tertiary/aromatic N) is 1. The molecule has 0 bridgehead atoms. The first-order chi connectivity index (χ1) is 14.9. The third kappa shape index (κ3) is 4.49. The van der Waals surface area contributed by atoms with Gasteiger partial charge >= 0.3 is 0 Å². The molecule has 0 saturated carbocycles. The summed E-state index contributed by atoms with van der Waals surface area (Å²) in [5, 5.41) is 12.0. The smallest absolute Gasteiger partial charge is 0.264 e. The van der Waals surface area contributed by atoms with Crippen LogP contribution in [-0.2, 0) is 21.7 Å². The largest absolute Gasteiger partial charge is 0.375 e. The normalized spacial score (nSPS) is 17.9. The number of hydrogen-bond donors (Lipinski definition) is 1. The number of fused-ring (bicyclic) bond motifs is 1. The lowest BCUT2D eigenvalue weighted by Gasteiger charge is -2.22. The summed E-state index contributed by atoms with van der Waals surface area (Å²) >= 11 is 9.37. The highest BCUT2D eigenvalue weighted by Gasteiger charge is 2.50. The van der Waals surface area contributed by atoms with Crippen molar-refractivity contribution in [2.45, 2.75) is 18.6 Å². The molecular formula is C25H19BrClNO3. The minimum absolute atomic E-state index is 0.265. The summed E-state index contributed by atoms with van der Waals surface area (Å²) in [6.45, 7) is 0.265. The average Bonchev–Trinajstić information content (AvgIpc) is 2.96. The van der Waals surface area contributed by atoms with E-state index in [2.05, 4.69) is 15.9 Å². The molecule has 1 aliphatic heterocycles. The lowest BCUT2D eigenvalue weighted by Crippen LogP contribution is -2.41. The molecule has 6 heteroatoms. The Hall–Kier alpha value is -2.73. The Morgan fingerprint density at radius 1 is 1.06 bits per heavy atom. The summed E-state index contributed by atoms with van der Waals surface area (Å²) in [5.41, 5.74) is 0.816. The van der Waals surface area contributed by atoms with Gasteiger partial charge in [0, 0.05) is 15.1 Å². The summed E-state index contributed by atoms with van der Waals surface area (Å²) in [6.07, 6.45) is 2.74. The maximum atomic E-state index is 13.3. The van der Waals surface area contributed by atoms with Crippen LogP contribution in [0, 0.1) is 0 Å². The molecule has 0 fully saturated rings. The molecule has 0 spiro atoms. The molecule has 3 aromatic carbocycles. The van der Waals surface area contributed by atoms with Crippen molar-refractivity contribution in [1.29, 1.82) is 0 Å². The van der Waals surface area contributed by atoms with Crippen molar-refractivity contribution >= 4 is 51.0 Å². The van der Waals surface area contributed by atoms with E-state index >= 15 is 0 Å². The van der Waals surface area contributed by atoms with Crippen molar-refractivity contribution in [2.75, 3.05) is 4.90 Å². The van der Waals surface area contributed by atoms with Gasteiger partial charge in [0.1, 0.15) is 0 Å². The van der Waals surface area contributed by atoms with Gasteiger partial charge < -0.3 is 10.0 Å². The van der Waals surface area contributed by atoms with Crippen LogP contribution < -0.4 is 4.90 Å². The van der Waals surface area contributed by atoms with Crippen LogP contribution in [0.4, 0.5) is 5.69 Å². The van der Waals surface area contributed by atoms with Crippen molar-refractivity contribution in [2.24, 2.45) is 0 Å². The van der Waals surface area contributed by atoms with Gasteiger partial charge in [-0.3, -0.25) is 9.59 Å². The van der Waals surface area contributed by atoms with Crippen molar-refractivity contribution in [3.05, 3.63) is 105 Å². The highest BCUT2D eigenvalue weighted by atomic mass is 79.9. The first-order valence-corrected chi connectivity index (χ1v) is 10.9. The summed E-state index contributed by atoms with van der Waals surface area (Å²) in [5.74, 6) is -0.851. The second kappa shape index (κ2) is 8.79. The maximum absolute atomic E-state index is 13.3. The number of halogens is 2. The number of benzene rings is 3. The molecule has 1 heterocycles. The van der Waals surface area contributed by atoms with E-state index in [0.717, 1.165) is 15.6 Å². The number of carbonyl (C=O) groups is 2. The molecule has 3 aromatic rings. The van der Waals surface area contributed by atoms with Gasteiger partial charge in [0.05, 0.1) is 18.7 Å². The molecular weight excluding hydrogens is 478 g/mol. The second-order valence-corrected chi connectivity index (χ2v) is 8.78. The molecule has 4 rings (SSSR count). The molecule has 0 radical (unpaired) electrons. The van der Waals surface area contributed by atoms with Crippen molar-refractivity contribution in [1.82, 2.24) is 0 Å². The monoisotopic (exact) mass is 495 g/mol. The summed E-state index contributed by atoms with van der Waals surface area (Å²) in [4.78, 5) is 27.5. The topological polar surface area (TPSA) is 57.6 Å². The Morgan fingerprint density at radius 3 is 2.48 bits per heavy atom. The molecule has 156 valence electrons. The predicted molar refractivity (Wildman–Crippen MR) is 126 cm³/mol. The molecule has 0 aromatic heterocycles. The van der Waals surface area contributed by atoms with Gasteiger partial charge in [0.25, 0.3) is 5.91 Å². The van der Waals surface area contributed by atoms with Gasteiger partial charge in [0.15, 0.2) is 11.4 Å². The van der Waals surface area contributed by atoms with Gasteiger partial charge in [-0.15, -0.1) is 0 Å². The number of rotatable bonds is 6. The van der Waals surface area contributed by atoms with E-state index in [0.29, 0.717) is 16.3 Å². The Morgan fingerprint density at radius 2 is 1.77 bits per heavy atom. The molecule has 1 atom stereocenters. The number of hydrogen-bond acceptors (Lipinski definition) is 3. The second-order valence-electron chi connectivity index (χ2n) is 7.43. The SMILES string of the molecule is O=C(/C=C/c1ccccc1)CC1(O)C(=O)N(Cc2ccc(Cl)cc2)c2ccc(Br)cc21. The van der Waals surface area contributed by atoms with Gasteiger partial charge in [0.2, 0.25) is 0 Å². The summed E-state index contributed by atoms with van der Waals surface area (Å²) < 4.78 is 0.720. The Bertz CT molecular complexity index is 1160. The zero-order chi connectivity index (χ0) is 22.0. The van der Waals surface area contributed by atoms with E-state index in [1.54, 1.807) is 30.3 Å². The Kier molecular flexibility index (Phi) is 6.10. The number of amides is 1. The van der Waals surface area contributed by atoms with Gasteiger partial charge in [-0.2, -0.15) is 0 Å². The van der Waals surface area contributed by atoms with E-state index in [1.165, 1.54) is 11.0 Å². The third-order valence-electron chi connectivity index (χ3n) is 5.24. The minimum Gasteiger partial charge on any atom is -0.375 e. The predicted octanol–water partition coefficient (Wildman–Crippen LogP) is 5.51. The molecule has 1 N–H and O–H groups in total. The van der Waals surface area contributed by atoms with Crippen LogP contribution in [0.25, 0.3) is 6.08 Å². The van der Waals surface area contributed by atoms with Crippen LogP contribution in [-0.4, -0.2) is 16.8 Å². The molecule has 0 saturated heterocycles. The highest BCUT2D eigenvalue weighted by molar-refractivity contribution is 9.10.